The highest BCUT2D eigenvalue weighted by Gasteiger charge is 2.53. The van der Waals surface area contributed by atoms with Gasteiger partial charge in [0.1, 0.15) is 5.75 Å². The number of ether oxygens (including phenoxy) is 1. The molecule has 0 N–H and O–H groups in total. The monoisotopic (exact) mass is 367 g/mol. The number of benzene rings is 1. The van der Waals surface area contributed by atoms with Crippen LogP contribution in [0, 0.1) is 23.7 Å². The van der Waals surface area contributed by atoms with Crippen LogP contribution in [-0.4, -0.2) is 37.4 Å². The zero-order chi connectivity index (χ0) is 18.1. The molecule has 1 heterocycles. The van der Waals surface area contributed by atoms with Gasteiger partial charge in [-0.2, -0.15) is 0 Å². The first-order valence-electron chi connectivity index (χ1n) is 9.68. The molecule has 3 fully saturated rings. The van der Waals surface area contributed by atoms with Gasteiger partial charge in [-0.15, -0.1) is 26.3 Å². The van der Waals surface area contributed by atoms with Crippen molar-refractivity contribution in [2.45, 2.75) is 38.6 Å². The molecule has 2 saturated carbocycles. The lowest BCUT2D eigenvalue weighted by atomic mass is 10.1. The molecule has 0 amide bonds. The molecular formula is C20H26F3N2O-. The molecule has 2 unspecified atom stereocenters. The Kier molecular flexibility index (Phi) is 5.15. The summed E-state index contributed by atoms with van der Waals surface area (Å²) in [5.74, 6) is 3.02. The Labute approximate surface area is 152 Å². The second-order valence-corrected chi connectivity index (χ2v) is 8.12. The lowest BCUT2D eigenvalue weighted by Crippen LogP contribution is -2.29. The number of hydrogen-bond acceptors (Lipinski definition) is 2. The van der Waals surface area contributed by atoms with E-state index in [1.54, 1.807) is 12.1 Å². The van der Waals surface area contributed by atoms with Crippen molar-refractivity contribution in [2.24, 2.45) is 23.7 Å². The molecule has 2 aliphatic carbocycles. The van der Waals surface area contributed by atoms with Crippen molar-refractivity contribution in [1.82, 2.24) is 4.90 Å². The van der Waals surface area contributed by atoms with Crippen LogP contribution in [0.3, 0.4) is 0 Å². The molecule has 4 rings (SSSR count). The molecule has 0 spiro atoms. The van der Waals surface area contributed by atoms with Gasteiger partial charge in [0.15, 0.2) is 0 Å². The molecule has 0 bridgehead atoms. The van der Waals surface area contributed by atoms with Crippen LogP contribution in [0.2, 0.25) is 0 Å². The normalized spacial score (nSPS) is 29.1. The van der Waals surface area contributed by atoms with Crippen LogP contribution in [0.5, 0.6) is 5.75 Å². The van der Waals surface area contributed by atoms with Crippen molar-refractivity contribution in [3.63, 3.8) is 0 Å². The summed E-state index contributed by atoms with van der Waals surface area (Å²) in [6.07, 6.45) is 0.971. The summed E-state index contributed by atoms with van der Waals surface area (Å²) in [7, 11) is 0. The van der Waals surface area contributed by atoms with Gasteiger partial charge < -0.3 is 15.0 Å². The third kappa shape index (κ3) is 4.52. The Morgan fingerprint density at radius 1 is 1.12 bits per heavy atom. The minimum Gasteiger partial charge on any atom is -0.658 e. The SMILES string of the molecule is FC(F)(F)Oc1cccc(C[N-]CC2C3CN(CC4CCCC4)CC23)c1. The summed E-state index contributed by atoms with van der Waals surface area (Å²) in [4.78, 5) is 2.64. The maximum Gasteiger partial charge on any atom is 0.573 e. The fourth-order valence-electron chi connectivity index (χ4n) is 4.90. The van der Waals surface area contributed by atoms with E-state index in [0.717, 1.165) is 29.9 Å². The number of halogens is 3. The first kappa shape index (κ1) is 18.1. The first-order chi connectivity index (χ1) is 12.5. The van der Waals surface area contributed by atoms with E-state index in [9.17, 15) is 13.2 Å². The van der Waals surface area contributed by atoms with Gasteiger partial charge in [-0.25, -0.2) is 0 Å². The van der Waals surface area contributed by atoms with E-state index in [1.807, 2.05) is 0 Å². The average Bonchev–Trinajstić information content (AvgIpc) is 2.97. The molecule has 3 nitrogen and oxygen atoms in total. The molecule has 1 aliphatic heterocycles. The summed E-state index contributed by atoms with van der Waals surface area (Å²) in [5, 5.41) is 4.60. The molecule has 144 valence electrons. The lowest BCUT2D eigenvalue weighted by molar-refractivity contribution is -0.274. The summed E-state index contributed by atoms with van der Waals surface area (Å²) in [6.45, 7) is 5.00. The summed E-state index contributed by atoms with van der Waals surface area (Å²) >= 11 is 0. The standard InChI is InChI=1S/C20H26F3N2O/c21-20(22,23)26-16-7-3-6-15(8-16)9-24-10-17-18-12-25(13-19(17)18)11-14-4-1-2-5-14/h3,6-8,14,17-19H,1-2,4-5,9-13H2/q-1. The third-order valence-corrected chi connectivity index (χ3v) is 6.20. The van der Waals surface area contributed by atoms with E-state index in [-0.39, 0.29) is 5.75 Å². The smallest absolute Gasteiger partial charge is 0.573 e. The highest BCUT2D eigenvalue weighted by atomic mass is 19.4. The van der Waals surface area contributed by atoms with Crippen molar-refractivity contribution in [1.29, 1.82) is 0 Å². The van der Waals surface area contributed by atoms with E-state index >= 15 is 0 Å². The molecular weight excluding hydrogens is 341 g/mol. The molecule has 0 radical (unpaired) electrons. The van der Waals surface area contributed by atoms with Crippen LogP contribution in [0.1, 0.15) is 31.2 Å². The van der Waals surface area contributed by atoms with Gasteiger partial charge >= 0.3 is 6.36 Å². The van der Waals surface area contributed by atoms with Gasteiger partial charge in [0.05, 0.1) is 0 Å². The maximum absolute atomic E-state index is 12.3. The van der Waals surface area contributed by atoms with Crippen LogP contribution in [-0.2, 0) is 6.54 Å². The molecule has 0 aromatic heterocycles. The zero-order valence-electron chi connectivity index (χ0n) is 14.9. The predicted molar refractivity (Wildman–Crippen MR) is 93.9 cm³/mol. The maximum atomic E-state index is 12.3. The number of nitrogens with zero attached hydrogens (tertiary/aromatic N) is 2. The Balaban J connectivity index is 1.16. The average molecular weight is 367 g/mol. The predicted octanol–water partition coefficient (Wildman–Crippen LogP) is 4.83. The van der Waals surface area contributed by atoms with Crippen LogP contribution < -0.4 is 4.74 Å². The van der Waals surface area contributed by atoms with E-state index in [0.29, 0.717) is 12.5 Å². The minimum absolute atomic E-state index is 0.170. The first-order valence-corrected chi connectivity index (χ1v) is 9.68. The molecule has 26 heavy (non-hydrogen) atoms. The van der Waals surface area contributed by atoms with Crippen LogP contribution in [0.15, 0.2) is 24.3 Å². The molecule has 1 saturated heterocycles. The fraction of sp³-hybridized carbons (Fsp3) is 0.700. The number of alkyl halides is 3. The van der Waals surface area contributed by atoms with E-state index in [4.69, 9.17) is 0 Å². The van der Waals surface area contributed by atoms with Crippen LogP contribution in [0.25, 0.3) is 5.32 Å². The molecule has 1 aromatic carbocycles. The van der Waals surface area contributed by atoms with Gasteiger partial charge in [0.25, 0.3) is 0 Å². The summed E-state index contributed by atoms with van der Waals surface area (Å²) in [6, 6.07) is 6.12. The number of fused-ring (bicyclic) bond motifs is 1. The third-order valence-electron chi connectivity index (χ3n) is 6.20. The van der Waals surface area contributed by atoms with Crippen molar-refractivity contribution >= 4 is 0 Å². The molecule has 1 aromatic rings. The van der Waals surface area contributed by atoms with Gasteiger partial charge in [-0.1, -0.05) is 36.5 Å². The van der Waals surface area contributed by atoms with E-state index in [2.05, 4.69) is 15.0 Å². The Hall–Kier alpha value is -1.27. The van der Waals surface area contributed by atoms with Gasteiger partial charge in [-0.05, 0) is 42.7 Å². The highest BCUT2D eigenvalue weighted by molar-refractivity contribution is 5.30. The second-order valence-electron chi connectivity index (χ2n) is 8.12. The molecule has 2 atom stereocenters. The van der Waals surface area contributed by atoms with Gasteiger partial charge in [-0.3, -0.25) is 0 Å². The number of rotatable bonds is 7. The summed E-state index contributed by atoms with van der Waals surface area (Å²) < 4.78 is 40.8. The van der Waals surface area contributed by atoms with Crippen molar-refractivity contribution in [3.05, 3.63) is 35.1 Å². The topological polar surface area (TPSA) is 26.6 Å². The van der Waals surface area contributed by atoms with Crippen molar-refractivity contribution in [3.8, 4) is 5.75 Å². The molecule has 6 heteroatoms. The fourth-order valence-corrected chi connectivity index (χ4v) is 4.90. The van der Waals surface area contributed by atoms with Crippen LogP contribution in [0.4, 0.5) is 13.2 Å². The highest BCUT2D eigenvalue weighted by Crippen LogP contribution is 2.52. The zero-order valence-corrected chi connectivity index (χ0v) is 14.9. The van der Waals surface area contributed by atoms with Crippen molar-refractivity contribution in [2.75, 3.05) is 26.2 Å². The largest absolute Gasteiger partial charge is 0.658 e. The lowest BCUT2D eigenvalue weighted by Gasteiger charge is -2.25. The minimum atomic E-state index is -4.65. The quantitative estimate of drug-likeness (QED) is 0.690. The Morgan fingerprint density at radius 3 is 2.54 bits per heavy atom. The Morgan fingerprint density at radius 2 is 1.85 bits per heavy atom. The summed E-state index contributed by atoms with van der Waals surface area (Å²) in [5.41, 5.74) is 0.764. The molecule has 3 aliphatic rings. The second kappa shape index (κ2) is 7.39. The van der Waals surface area contributed by atoms with Gasteiger partial charge in [0, 0.05) is 19.6 Å². The number of likely N-dealkylation sites (tertiary alicyclic amines) is 1. The van der Waals surface area contributed by atoms with Crippen LogP contribution >= 0.6 is 0 Å². The van der Waals surface area contributed by atoms with E-state index < -0.39 is 6.36 Å². The number of hydrogen-bond donors (Lipinski definition) is 0. The van der Waals surface area contributed by atoms with Crippen molar-refractivity contribution < 1.29 is 17.9 Å². The van der Waals surface area contributed by atoms with E-state index in [1.165, 1.54) is 57.5 Å². The van der Waals surface area contributed by atoms with Gasteiger partial charge in [0.2, 0.25) is 0 Å². The Bertz CT molecular complexity index is 603. The number of piperidine rings is 1.